The average Bonchev–Trinajstić information content (AvgIpc) is 2.62. The van der Waals surface area contributed by atoms with Crippen LogP contribution in [0.2, 0.25) is 0 Å². The van der Waals surface area contributed by atoms with Gasteiger partial charge in [-0.2, -0.15) is 0 Å². The lowest BCUT2D eigenvalue weighted by Gasteiger charge is -2.32. The minimum atomic E-state index is 0.636. The summed E-state index contributed by atoms with van der Waals surface area (Å²) in [5.41, 5.74) is 0. The molecule has 2 saturated carbocycles. The maximum Gasteiger partial charge on any atom is 0.0244 e. The van der Waals surface area contributed by atoms with Crippen molar-refractivity contribution in [2.75, 3.05) is 13.6 Å². The molecular formula is C11H20BrN. The molecule has 2 aliphatic carbocycles. The quantitative estimate of drug-likeness (QED) is 0.692. The highest BCUT2D eigenvalue weighted by atomic mass is 79.9. The molecule has 0 aliphatic heterocycles. The van der Waals surface area contributed by atoms with Crippen molar-refractivity contribution in [1.29, 1.82) is 0 Å². The number of alkyl halides is 1. The molecule has 2 bridgehead atoms. The topological polar surface area (TPSA) is 3.24 Å². The smallest absolute Gasteiger partial charge is 0.0244 e. The van der Waals surface area contributed by atoms with Crippen molar-refractivity contribution in [3.8, 4) is 0 Å². The highest BCUT2D eigenvalue weighted by Crippen LogP contribution is 2.46. The van der Waals surface area contributed by atoms with Crippen molar-refractivity contribution in [3.63, 3.8) is 0 Å². The molecule has 0 radical (unpaired) electrons. The zero-order valence-electron chi connectivity index (χ0n) is 8.67. The van der Waals surface area contributed by atoms with Crippen molar-refractivity contribution < 1.29 is 0 Å². The van der Waals surface area contributed by atoms with Gasteiger partial charge in [0.2, 0.25) is 0 Å². The van der Waals surface area contributed by atoms with Crippen LogP contribution in [0.25, 0.3) is 0 Å². The molecule has 2 heteroatoms. The van der Waals surface area contributed by atoms with E-state index in [1.54, 1.807) is 0 Å². The largest absolute Gasteiger partial charge is 0.302 e. The number of hydrogen-bond donors (Lipinski definition) is 0. The van der Waals surface area contributed by atoms with Crippen LogP contribution in [-0.2, 0) is 0 Å². The molecule has 0 aromatic rings. The molecular weight excluding hydrogens is 226 g/mol. The molecule has 0 aromatic carbocycles. The lowest BCUT2D eigenvalue weighted by molar-refractivity contribution is 0.179. The van der Waals surface area contributed by atoms with E-state index in [4.69, 9.17) is 0 Å². The zero-order chi connectivity index (χ0) is 9.42. The lowest BCUT2D eigenvalue weighted by Crippen LogP contribution is -2.38. The van der Waals surface area contributed by atoms with Gasteiger partial charge in [-0.1, -0.05) is 29.3 Å². The molecule has 0 N–H and O–H groups in total. The first kappa shape index (κ1) is 9.97. The monoisotopic (exact) mass is 245 g/mol. The first-order valence-corrected chi connectivity index (χ1v) is 6.42. The molecule has 76 valence electrons. The van der Waals surface area contributed by atoms with Gasteiger partial charge < -0.3 is 4.90 Å². The Morgan fingerprint density at radius 2 is 2.15 bits per heavy atom. The first-order valence-electron chi connectivity index (χ1n) is 5.51. The van der Waals surface area contributed by atoms with Gasteiger partial charge in [-0.25, -0.2) is 0 Å². The third-order valence-corrected chi connectivity index (χ3v) is 4.10. The average molecular weight is 246 g/mol. The summed E-state index contributed by atoms with van der Waals surface area (Å²) in [5, 5.41) is 0. The van der Waals surface area contributed by atoms with Crippen LogP contribution in [0.3, 0.4) is 0 Å². The Bertz CT molecular complexity index is 181. The third-order valence-electron chi connectivity index (χ3n) is 3.81. The maximum absolute atomic E-state index is 3.63. The van der Waals surface area contributed by atoms with E-state index in [0.29, 0.717) is 4.83 Å². The van der Waals surface area contributed by atoms with E-state index in [9.17, 15) is 0 Å². The Hall–Kier alpha value is 0.440. The SMILES string of the molecule is CC(Br)CN(C)C1CC2CCC1C2. The molecule has 0 aromatic heterocycles. The van der Waals surface area contributed by atoms with Crippen LogP contribution in [0.4, 0.5) is 0 Å². The summed E-state index contributed by atoms with van der Waals surface area (Å²) in [4.78, 5) is 3.21. The maximum atomic E-state index is 3.63. The number of hydrogen-bond acceptors (Lipinski definition) is 1. The molecule has 0 amide bonds. The first-order chi connectivity index (χ1) is 6.16. The molecule has 2 aliphatic rings. The zero-order valence-corrected chi connectivity index (χ0v) is 10.3. The van der Waals surface area contributed by atoms with Gasteiger partial charge in [-0.15, -0.1) is 0 Å². The second-order valence-electron chi connectivity index (χ2n) is 4.96. The van der Waals surface area contributed by atoms with Crippen molar-refractivity contribution in [2.45, 2.75) is 43.5 Å². The van der Waals surface area contributed by atoms with Gasteiger partial charge in [0.15, 0.2) is 0 Å². The number of fused-ring (bicyclic) bond motifs is 2. The fourth-order valence-electron chi connectivity index (χ4n) is 3.28. The van der Waals surface area contributed by atoms with Gasteiger partial charge in [-0.05, 0) is 38.1 Å². The van der Waals surface area contributed by atoms with E-state index >= 15 is 0 Å². The highest BCUT2D eigenvalue weighted by molar-refractivity contribution is 9.09. The molecule has 2 rings (SSSR count). The third kappa shape index (κ3) is 2.10. The van der Waals surface area contributed by atoms with Crippen LogP contribution >= 0.6 is 15.9 Å². The van der Waals surface area contributed by atoms with Gasteiger partial charge in [0.25, 0.3) is 0 Å². The summed E-state index contributed by atoms with van der Waals surface area (Å²) in [6, 6.07) is 0.902. The van der Waals surface area contributed by atoms with Crippen LogP contribution in [0.15, 0.2) is 0 Å². The number of halogens is 1. The standard InChI is InChI=1S/C11H20BrN/c1-8(12)7-13(2)11-6-9-3-4-10(11)5-9/h8-11H,3-7H2,1-2H3. The van der Waals surface area contributed by atoms with E-state index in [1.165, 1.54) is 32.2 Å². The Morgan fingerprint density at radius 1 is 1.38 bits per heavy atom. The summed E-state index contributed by atoms with van der Waals surface area (Å²) >= 11 is 3.63. The van der Waals surface area contributed by atoms with E-state index in [0.717, 1.165) is 17.9 Å². The van der Waals surface area contributed by atoms with Crippen LogP contribution in [0, 0.1) is 11.8 Å². The van der Waals surface area contributed by atoms with Crippen LogP contribution in [0.5, 0.6) is 0 Å². The molecule has 2 fully saturated rings. The summed E-state index contributed by atoms with van der Waals surface area (Å²) < 4.78 is 0. The van der Waals surface area contributed by atoms with Gasteiger partial charge in [0.1, 0.15) is 0 Å². The number of nitrogens with zero attached hydrogens (tertiary/aromatic N) is 1. The second kappa shape index (κ2) is 3.90. The van der Waals surface area contributed by atoms with Gasteiger partial charge in [-0.3, -0.25) is 0 Å². The molecule has 0 heterocycles. The predicted molar refractivity (Wildman–Crippen MR) is 60.3 cm³/mol. The van der Waals surface area contributed by atoms with Crippen molar-refractivity contribution >= 4 is 15.9 Å². The summed E-state index contributed by atoms with van der Waals surface area (Å²) in [5.74, 6) is 2.10. The fourth-order valence-corrected chi connectivity index (χ4v) is 3.74. The Kier molecular flexibility index (Phi) is 2.99. The van der Waals surface area contributed by atoms with E-state index in [-0.39, 0.29) is 0 Å². The Balaban J connectivity index is 1.87. The van der Waals surface area contributed by atoms with Crippen LogP contribution < -0.4 is 0 Å². The van der Waals surface area contributed by atoms with E-state index in [2.05, 4.69) is 34.8 Å². The molecule has 1 nitrogen and oxygen atoms in total. The minimum Gasteiger partial charge on any atom is -0.302 e. The summed E-state index contributed by atoms with van der Waals surface area (Å²) in [6.45, 7) is 3.44. The molecule has 0 saturated heterocycles. The minimum absolute atomic E-state index is 0.636. The van der Waals surface area contributed by atoms with E-state index < -0.39 is 0 Å². The van der Waals surface area contributed by atoms with Gasteiger partial charge in [0, 0.05) is 17.4 Å². The number of rotatable bonds is 3. The Labute approximate surface area is 90.0 Å². The molecule has 4 unspecified atom stereocenters. The summed E-state index contributed by atoms with van der Waals surface area (Å²) in [6.07, 6.45) is 6.00. The highest BCUT2D eigenvalue weighted by Gasteiger charge is 2.41. The van der Waals surface area contributed by atoms with Gasteiger partial charge in [0.05, 0.1) is 0 Å². The molecule has 4 atom stereocenters. The normalized spacial score (nSPS) is 40.2. The summed E-state index contributed by atoms with van der Waals surface area (Å²) in [7, 11) is 2.29. The lowest BCUT2D eigenvalue weighted by atomic mass is 9.94. The van der Waals surface area contributed by atoms with Crippen LogP contribution in [0.1, 0.15) is 32.6 Å². The van der Waals surface area contributed by atoms with Crippen molar-refractivity contribution in [2.24, 2.45) is 11.8 Å². The molecule has 13 heavy (non-hydrogen) atoms. The van der Waals surface area contributed by atoms with Crippen molar-refractivity contribution in [3.05, 3.63) is 0 Å². The fraction of sp³-hybridized carbons (Fsp3) is 1.00. The van der Waals surface area contributed by atoms with Crippen LogP contribution in [-0.4, -0.2) is 29.4 Å². The second-order valence-corrected chi connectivity index (χ2v) is 6.53. The predicted octanol–water partition coefficient (Wildman–Crippen LogP) is 2.89. The van der Waals surface area contributed by atoms with Gasteiger partial charge >= 0.3 is 0 Å². The van der Waals surface area contributed by atoms with Crippen molar-refractivity contribution in [1.82, 2.24) is 4.90 Å². The molecule has 0 spiro atoms. The Morgan fingerprint density at radius 3 is 2.62 bits per heavy atom. The van der Waals surface area contributed by atoms with E-state index in [1.807, 2.05) is 0 Å².